The summed E-state index contributed by atoms with van der Waals surface area (Å²) in [6.45, 7) is 8.21. The summed E-state index contributed by atoms with van der Waals surface area (Å²) in [7, 11) is 1.47. The zero-order valence-electron chi connectivity index (χ0n) is 26.0. The van der Waals surface area contributed by atoms with Gasteiger partial charge in [0.1, 0.15) is 23.4 Å². The number of Topliss-reactive ketones (excluding diaryl/α,β-unsaturated/α-hetero) is 4. The lowest BCUT2D eigenvalue weighted by molar-refractivity contribution is -0.390. The number of hydrogen-bond donors (Lipinski definition) is 0. The Hall–Kier alpha value is -4.45. The van der Waals surface area contributed by atoms with Crippen LogP contribution in [0.4, 0.5) is 0 Å². The van der Waals surface area contributed by atoms with E-state index in [1.807, 2.05) is 0 Å². The third kappa shape index (κ3) is 3.50. The summed E-state index contributed by atoms with van der Waals surface area (Å²) in [4.78, 5) is 66.4. The van der Waals surface area contributed by atoms with Gasteiger partial charge >= 0.3 is 5.97 Å². The van der Waals surface area contributed by atoms with Crippen LogP contribution in [-0.2, 0) is 40.2 Å². The highest BCUT2D eigenvalue weighted by atomic mass is 16.8. The molecule has 11 heteroatoms. The van der Waals surface area contributed by atoms with Crippen LogP contribution in [0.15, 0.2) is 52.6 Å². The number of hydrogen-bond acceptors (Lipinski definition) is 11. The van der Waals surface area contributed by atoms with E-state index in [9.17, 15) is 24.0 Å². The number of carbonyl (C=O) groups is 5. The van der Waals surface area contributed by atoms with Crippen LogP contribution < -0.4 is 14.2 Å². The van der Waals surface area contributed by atoms with Gasteiger partial charge in [0.05, 0.1) is 23.1 Å². The third-order valence-electron chi connectivity index (χ3n) is 10.1. The van der Waals surface area contributed by atoms with Gasteiger partial charge in [-0.2, -0.15) is 0 Å². The molecule has 236 valence electrons. The summed E-state index contributed by atoms with van der Waals surface area (Å²) in [5.74, 6) is -4.52. The lowest BCUT2D eigenvalue weighted by Crippen LogP contribution is -2.65. The number of benzene rings is 2. The molecule has 0 saturated carbocycles. The van der Waals surface area contributed by atoms with Gasteiger partial charge in [-0.25, -0.2) is 0 Å². The lowest BCUT2D eigenvalue weighted by Gasteiger charge is -2.56. The first-order valence-electron chi connectivity index (χ1n) is 15.1. The first kappa shape index (κ1) is 29.0. The Balaban J connectivity index is 1.19. The molecule has 3 heterocycles. The third-order valence-corrected chi connectivity index (χ3v) is 10.1. The first-order chi connectivity index (χ1) is 21.8. The van der Waals surface area contributed by atoms with E-state index in [1.165, 1.54) is 13.2 Å². The molecule has 8 rings (SSSR count). The Morgan fingerprint density at radius 3 is 2.35 bits per heavy atom. The second kappa shape index (κ2) is 9.09. The van der Waals surface area contributed by atoms with Crippen molar-refractivity contribution in [3.63, 3.8) is 0 Å². The van der Waals surface area contributed by atoms with Gasteiger partial charge in [-0.1, -0.05) is 26.0 Å². The quantitative estimate of drug-likeness (QED) is 0.204. The Morgan fingerprint density at radius 1 is 0.913 bits per heavy atom. The lowest BCUT2D eigenvalue weighted by atomic mass is 9.71. The highest BCUT2D eigenvalue weighted by molar-refractivity contribution is 6.25. The van der Waals surface area contributed by atoms with Crippen molar-refractivity contribution in [2.75, 3.05) is 7.11 Å². The monoisotopic (exact) mass is 626 g/mol. The predicted molar refractivity (Wildman–Crippen MR) is 156 cm³/mol. The maximum atomic E-state index is 13.8. The molecular weight excluding hydrogens is 596 g/mol. The molecule has 5 unspecified atom stereocenters. The molecule has 0 radical (unpaired) electrons. The minimum atomic E-state index is -1.66. The molecule has 0 amide bonds. The molecule has 3 aliphatic heterocycles. The maximum absolute atomic E-state index is 13.8. The fourth-order valence-electron chi connectivity index (χ4n) is 7.79. The van der Waals surface area contributed by atoms with Gasteiger partial charge in [0, 0.05) is 46.8 Å². The maximum Gasteiger partial charge on any atom is 0.312 e. The van der Waals surface area contributed by atoms with Crippen LogP contribution in [0.5, 0.6) is 17.2 Å². The van der Waals surface area contributed by atoms with Crippen LogP contribution in [0.1, 0.15) is 79.3 Å². The van der Waals surface area contributed by atoms with Gasteiger partial charge in [0.15, 0.2) is 35.3 Å². The first-order valence-corrected chi connectivity index (χ1v) is 15.1. The Bertz CT molecular complexity index is 1950. The van der Waals surface area contributed by atoms with E-state index in [0.717, 1.165) is 0 Å². The predicted octanol–water partition coefficient (Wildman–Crippen LogP) is 4.19. The van der Waals surface area contributed by atoms with Gasteiger partial charge in [0.25, 0.3) is 11.6 Å². The summed E-state index contributed by atoms with van der Waals surface area (Å²) in [5.41, 5.74) is 1.26. The largest absolute Gasteiger partial charge is 0.454 e. The van der Waals surface area contributed by atoms with E-state index < -0.39 is 47.1 Å². The molecule has 2 aromatic rings. The molecule has 1 saturated heterocycles. The summed E-state index contributed by atoms with van der Waals surface area (Å²) >= 11 is 0. The molecule has 2 bridgehead atoms. The zero-order valence-corrected chi connectivity index (χ0v) is 26.0. The fraction of sp³-hybridized carbons (Fsp3) is 0.400. The Kier molecular flexibility index (Phi) is 5.73. The number of rotatable bonds is 5. The van der Waals surface area contributed by atoms with Crippen molar-refractivity contribution in [2.45, 2.75) is 77.3 Å². The number of methoxy groups -OCH3 is 1. The van der Waals surface area contributed by atoms with Crippen molar-refractivity contribution < 1.29 is 52.4 Å². The molecule has 3 aliphatic carbocycles. The SMILES string of the molecule is COC1CC(=O)c2cccc3c2C12Oc1ccc(OC(=O)CC(C)(C)C4=C(C)C(=O)C(C)=C(C)C4=O)c4c1C(O3)(O2)C1OC1C4=O. The molecular formula is C35H30O11. The summed E-state index contributed by atoms with van der Waals surface area (Å²) in [6.07, 6.45) is -2.86. The van der Waals surface area contributed by atoms with Crippen LogP contribution in [-0.4, -0.2) is 54.5 Å². The highest BCUT2D eigenvalue weighted by Crippen LogP contribution is 2.65. The average molecular weight is 627 g/mol. The van der Waals surface area contributed by atoms with Crippen molar-refractivity contribution in [2.24, 2.45) is 5.41 Å². The molecule has 2 spiro atoms. The second-order valence-corrected chi connectivity index (χ2v) is 13.3. The van der Waals surface area contributed by atoms with Gasteiger partial charge in [-0.15, -0.1) is 0 Å². The number of ether oxygens (including phenoxy) is 6. The van der Waals surface area contributed by atoms with E-state index in [1.54, 1.807) is 58.9 Å². The molecule has 0 N–H and O–H groups in total. The number of esters is 1. The summed E-state index contributed by atoms with van der Waals surface area (Å²) < 4.78 is 37.3. The second-order valence-electron chi connectivity index (χ2n) is 13.3. The molecule has 6 aliphatic rings. The molecule has 2 aromatic carbocycles. The number of fused-ring (bicyclic) bond motifs is 1. The molecule has 5 atom stereocenters. The summed E-state index contributed by atoms with van der Waals surface area (Å²) in [5, 5.41) is 0. The molecule has 46 heavy (non-hydrogen) atoms. The minimum absolute atomic E-state index is 0.0104. The van der Waals surface area contributed by atoms with Crippen LogP contribution in [0.25, 0.3) is 0 Å². The standard InChI is InChI=1S/C35H30O11/c1-14-15(2)29(39)25(16(3)28(14)38)33(4,5)13-23(37)42-19-10-11-21-27-24(19)30(40)31-32(43-31)35(27)45-20-9-7-8-17-18(36)12-22(41-6)34(44-21,46-35)26(17)20/h7-11,22,31-32H,12-13H2,1-6H3. The number of carbonyl (C=O) groups excluding carboxylic acids is 5. The van der Waals surface area contributed by atoms with E-state index >= 15 is 0 Å². The fourth-order valence-corrected chi connectivity index (χ4v) is 7.79. The smallest absolute Gasteiger partial charge is 0.312 e. The molecule has 11 nitrogen and oxygen atoms in total. The average Bonchev–Trinajstić information content (AvgIpc) is 3.82. The van der Waals surface area contributed by atoms with Crippen LogP contribution in [0, 0.1) is 5.41 Å². The van der Waals surface area contributed by atoms with Crippen molar-refractivity contribution in [1.29, 1.82) is 0 Å². The number of allylic oxidation sites excluding steroid dienone is 4. The van der Waals surface area contributed by atoms with E-state index in [4.69, 9.17) is 28.4 Å². The van der Waals surface area contributed by atoms with Crippen molar-refractivity contribution in [1.82, 2.24) is 0 Å². The van der Waals surface area contributed by atoms with E-state index in [-0.39, 0.29) is 58.4 Å². The molecule has 0 aromatic heterocycles. The van der Waals surface area contributed by atoms with Crippen LogP contribution in [0.3, 0.4) is 0 Å². The summed E-state index contributed by atoms with van der Waals surface area (Å²) in [6, 6.07) is 8.11. The van der Waals surface area contributed by atoms with Crippen LogP contribution >= 0.6 is 0 Å². The number of ketones is 4. The van der Waals surface area contributed by atoms with E-state index in [0.29, 0.717) is 33.6 Å². The van der Waals surface area contributed by atoms with Crippen molar-refractivity contribution in [3.8, 4) is 17.2 Å². The van der Waals surface area contributed by atoms with Gasteiger partial charge in [0.2, 0.25) is 0 Å². The number of epoxide rings is 1. The van der Waals surface area contributed by atoms with E-state index in [2.05, 4.69) is 0 Å². The van der Waals surface area contributed by atoms with Crippen LogP contribution in [0.2, 0.25) is 0 Å². The van der Waals surface area contributed by atoms with Gasteiger partial charge in [-0.05, 0) is 39.0 Å². The Labute approximate surface area is 263 Å². The van der Waals surface area contributed by atoms with Gasteiger partial charge < -0.3 is 23.7 Å². The topological polar surface area (TPSA) is 144 Å². The Morgan fingerprint density at radius 2 is 1.61 bits per heavy atom. The normalized spacial score (nSPS) is 30.3. The van der Waals surface area contributed by atoms with Gasteiger partial charge in [-0.3, -0.25) is 28.7 Å². The minimum Gasteiger partial charge on any atom is -0.454 e. The molecule has 1 fully saturated rings. The van der Waals surface area contributed by atoms with Crippen molar-refractivity contribution in [3.05, 3.63) is 74.9 Å². The van der Waals surface area contributed by atoms with Crippen molar-refractivity contribution >= 4 is 29.1 Å². The zero-order chi connectivity index (χ0) is 32.7. The highest BCUT2D eigenvalue weighted by Gasteiger charge is 2.76.